The smallest absolute Gasteiger partial charge is 0.137 e. The van der Waals surface area contributed by atoms with Crippen LogP contribution < -0.4 is 9.80 Å². The van der Waals surface area contributed by atoms with Gasteiger partial charge in [0, 0.05) is 33.8 Å². The highest BCUT2D eigenvalue weighted by molar-refractivity contribution is 6.09. The van der Waals surface area contributed by atoms with E-state index >= 15 is 0 Å². The Labute approximate surface area is 374 Å². The average molecular weight is 803 g/mol. The van der Waals surface area contributed by atoms with E-state index in [1.807, 2.05) is 35.4 Å². The van der Waals surface area contributed by atoms with Gasteiger partial charge in [0.1, 0.15) is 12.5 Å². The summed E-state index contributed by atoms with van der Waals surface area (Å²) in [5, 5.41) is 2.28. The second-order valence-electron chi connectivity index (χ2n) is 17.9. The summed E-state index contributed by atoms with van der Waals surface area (Å²) in [6.45, 7) is 13.4. The fraction of sp³-hybridized carbons (Fsp3) is 0.175. The molecule has 0 radical (unpaired) electrons. The number of aromatic nitrogens is 2. The molecule has 0 atom stereocenters. The first-order chi connectivity index (χ1) is 33.6. The third-order valence-electron chi connectivity index (χ3n) is 11.7. The third kappa shape index (κ3) is 7.06. The van der Waals surface area contributed by atoms with Crippen molar-refractivity contribution in [1.29, 1.82) is 0 Å². The number of hydrogen-bond donors (Lipinski definition) is 0. The highest BCUT2D eigenvalue weighted by Gasteiger charge is 2.32. The van der Waals surface area contributed by atoms with Crippen molar-refractivity contribution in [1.82, 2.24) is 9.55 Å². The molecule has 1 aliphatic heterocycles. The van der Waals surface area contributed by atoms with E-state index < -0.39 is 60.4 Å². The number of hydrogen-bond acceptors (Lipinski definition) is 3. The predicted octanol–water partition coefficient (Wildman–Crippen LogP) is 14.9. The van der Waals surface area contributed by atoms with Crippen LogP contribution in [0.5, 0.6) is 0 Å². The average Bonchev–Trinajstić information content (AvgIpc) is 3.89. The third-order valence-corrected chi connectivity index (χ3v) is 11.7. The fourth-order valence-electron chi connectivity index (χ4n) is 8.61. The molecule has 0 bridgehead atoms. The Balaban J connectivity index is 1.14. The molecule has 4 heteroatoms. The zero-order valence-corrected chi connectivity index (χ0v) is 35.3. The van der Waals surface area contributed by atoms with Gasteiger partial charge >= 0.3 is 0 Å². The summed E-state index contributed by atoms with van der Waals surface area (Å²) in [6.07, 6.45) is 2.50. The molecule has 0 saturated heterocycles. The van der Waals surface area contributed by atoms with Gasteiger partial charge in [0.05, 0.1) is 41.8 Å². The van der Waals surface area contributed by atoms with Gasteiger partial charge in [0.15, 0.2) is 0 Å². The summed E-state index contributed by atoms with van der Waals surface area (Å²) >= 11 is 0. The first-order valence-corrected chi connectivity index (χ1v) is 20.7. The lowest BCUT2D eigenvalue weighted by molar-refractivity contribution is 0.588. The molecule has 3 heterocycles. The summed E-state index contributed by atoms with van der Waals surface area (Å²) in [7, 11) is 0. The van der Waals surface area contributed by atoms with E-state index in [2.05, 4.69) is 124 Å². The lowest BCUT2D eigenvalue weighted by atomic mass is 9.85. The van der Waals surface area contributed by atoms with Gasteiger partial charge < -0.3 is 9.80 Å². The molecule has 0 amide bonds. The monoisotopic (exact) mass is 802 g/mol. The minimum absolute atomic E-state index is 0.0648. The van der Waals surface area contributed by atoms with Crippen LogP contribution in [0, 0.1) is 0 Å². The van der Waals surface area contributed by atoms with Gasteiger partial charge in [-0.15, -0.1) is 0 Å². The molecule has 9 aromatic rings. The molecule has 4 nitrogen and oxygen atoms in total. The molecular weight excluding hydrogens is 741 g/mol. The summed E-state index contributed by atoms with van der Waals surface area (Å²) in [5.41, 5.74) is 9.45. The van der Waals surface area contributed by atoms with Crippen molar-refractivity contribution in [2.45, 2.75) is 58.8 Å². The molecule has 0 spiro atoms. The largest absolute Gasteiger partial charge is 0.321 e. The van der Waals surface area contributed by atoms with Gasteiger partial charge in [-0.1, -0.05) is 169 Å². The second kappa shape index (κ2) is 15.0. The van der Waals surface area contributed by atoms with Gasteiger partial charge in [-0.3, -0.25) is 4.57 Å². The topological polar surface area (TPSA) is 24.3 Å². The lowest BCUT2D eigenvalue weighted by Gasteiger charge is -2.28. The van der Waals surface area contributed by atoms with E-state index in [4.69, 9.17) is 18.7 Å². The Morgan fingerprint density at radius 3 is 1.84 bits per heavy atom. The standard InChI is InChI=1S/C57H52N4/c1-56(2,3)43-30-31-58-54(37-43)61-50-25-14-13-22-48(50)49-29-28-39(35-53(49)61)32-40-33-44(57(4,5)6)36-45(34-40)59-38-60(52-27-16-15-26-51(52)59)55-46(41-18-9-7-10-19-41)23-17-24-47(55)42-20-11-8-12-21-42/h7-31,33-37H,32,38H2,1-6H3/i7D,8D,9D,10D,11D,12D,18D,19D,20D,21D. The van der Waals surface area contributed by atoms with Crippen molar-refractivity contribution in [2.24, 2.45) is 0 Å². The molecule has 0 fully saturated rings. The van der Waals surface area contributed by atoms with E-state index in [-0.39, 0.29) is 39.8 Å². The van der Waals surface area contributed by atoms with Gasteiger partial charge in [-0.25, -0.2) is 4.98 Å². The van der Waals surface area contributed by atoms with Crippen LogP contribution in [-0.2, 0) is 17.3 Å². The molecule has 0 aliphatic carbocycles. The first kappa shape index (κ1) is 28.5. The number of nitrogens with zero attached hydrogens (tertiary/aromatic N) is 4. The van der Waals surface area contributed by atoms with Crippen molar-refractivity contribution < 1.29 is 13.7 Å². The van der Waals surface area contributed by atoms with Gasteiger partial charge in [0.25, 0.3) is 0 Å². The Morgan fingerprint density at radius 2 is 1.16 bits per heavy atom. The number of anilines is 4. The van der Waals surface area contributed by atoms with Crippen molar-refractivity contribution in [2.75, 3.05) is 16.5 Å². The lowest BCUT2D eigenvalue weighted by Crippen LogP contribution is -2.25. The van der Waals surface area contributed by atoms with Gasteiger partial charge in [-0.2, -0.15) is 0 Å². The van der Waals surface area contributed by atoms with Crippen LogP contribution in [0.4, 0.5) is 22.7 Å². The summed E-state index contributed by atoms with van der Waals surface area (Å²) in [5.74, 6) is 0.859. The molecule has 10 rings (SSSR count). The highest BCUT2D eigenvalue weighted by Crippen LogP contribution is 2.50. The summed E-state index contributed by atoms with van der Waals surface area (Å²) in [6, 6.07) is 34.0. The minimum Gasteiger partial charge on any atom is -0.321 e. The van der Waals surface area contributed by atoms with Crippen LogP contribution in [0.3, 0.4) is 0 Å². The van der Waals surface area contributed by atoms with E-state index in [0.29, 0.717) is 17.8 Å². The quantitative estimate of drug-likeness (QED) is 0.160. The van der Waals surface area contributed by atoms with Crippen molar-refractivity contribution in [3.63, 3.8) is 0 Å². The van der Waals surface area contributed by atoms with E-state index in [1.165, 1.54) is 5.56 Å². The summed E-state index contributed by atoms with van der Waals surface area (Å²) in [4.78, 5) is 9.04. The SMILES string of the molecule is [2H]c1c([2H])c([2H])c(-c2cccc(-c3c([2H])c([2H])c([2H])c([2H])c3[2H])c2N2CN(c3cc(Cc4ccc5c6ccccc6n(-c6cc(C(C)(C)C)ccn6)c5c4)cc(C(C)(C)C)c3)c3ccccc32)c([2H])c1[2H]. The molecule has 61 heavy (non-hydrogen) atoms. The molecule has 1 aliphatic rings. The van der Waals surface area contributed by atoms with Crippen molar-refractivity contribution >= 4 is 44.6 Å². The van der Waals surface area contributed by atoms with Crippen LogP contribution in [-0.4, -0.2) is 16.2 Å². The molecular formula is C57H52N4. The predicted molar refractivity (Wildman–Crippen MR) is 258 cm³/mol. The van der Waals surface area contributed by atoms with Crippen LogP contribution in [0.1, 0.15) is 77.5 Å². The maximum atomic E-state index is 9.11. The number of rotatable bonds is 7. The van der Waals surface area contributed by atoms with Crippen LogP contribution >= 0.6 is 0 Å². The normalized spacial score (nSPS) is 15.3. The van der Waals surface area contributed by atoms with E-state index in [1.54, 1.807) is 18.2 Å². The molecule has 2 aromatic heterocycles. The number of benzene rings is 7. The van der Waals surface area contributed by atoms with Crippen LogP contribution in [0.2, 0.25) is 0 Å². The molecule has 7 aromatic carbocycles. The summed E-state index contributed by atoms with van der Waals surface area (Å²) < 4.78 is 90.0. The van der Waals surface area contributed by atoms with E-state index in [9.17, 15) is 0 Å². The van der Waals surface area contributed by atoms with Gasteiger partial charge in [0.2, 0.25) is 0 Å². The Hall–Kier alpha value is -6.91. The maximum Gasteiger partial charge on any atom is 0.137 e. The molecule has 0 N–H and O–H groups in total. The zero-order valence-electron chi connectivity index (χ0n) is 45.3. The van der Waals surface area contributed by atoms with Crippen LogP contribution in [0.25, 0.3) is 49.9 Å². The molecule has 0 saturated carbocycles. The minimum atomic E-state index is -0.537. The number of para-hydroxylation sites is 4. The molecule has 300 valence electrons. The van der Waals surface area contributed by atoms with E-state index in [0.717, 1.165) is 55.7 Å². The number of pyridine rings is 1. The van der Waals surface area contributed by atoms with Crippen LogP contribution in [0.15, 0.2) is 182 Å². The second-order valence-corrected chi connectivity index (χ2v) is 17.9. The van der Waals surface area contributed by atoms with Crippen molar-refractivity contribution in [3.8, 4) is 28.1 Å². The van der Waals surface area contributed by atoms with Gasteiger partial charge in [-0.05, 0) is 99.2 Å². The number of fused-ring (bicyclic) bond motifs is 4. The first-order valence-electron chi connectivity index (χ1n) is 25.7. The molecule has 0 unspecified atom stereocenters. The fourth-order valence-corrected chi connectivity index (χ4v) is 8.61. The van der Waals surface area contributed by atoms with Crippen molar-refractivity contribution in [3.05, 3.63) is 204 Å². The Kier molecular flexibility index (Phi) is 7.00. The zero-order chi connectivity index (χ0) is 50.6. The Bertz CT molecular complexity index is 3520. The Morgan fingerprint density at radius 1 is 0.541 bits per heavy atom. The highest BCUT2D eigenvalue weighted by atomic mass is 15.4. The maximum absolute atomic E-state index is 9.11.